The summed E-state index contributed by atoms with van der Waals surface area (Å²) < 4.78 is 5.88. The summed E-state index contributed by atoms with van der Waals surface area (Å²) in [5.74, 6) is 1.81. The molecule has 0 radical (unpaired) electrons. The average molecular weight is 294 g/mol. The molecule has 0 spiro atoms. The molecule has 2 bridgehead atoms. The number of ether oxygens (including phenoxy) is 1. The minimum atomic E-state index is 0.361. The van der Waals surface area contributed by atoms with E-state index in [-0.39, 0.29) is 0 Å². The Labute approximate surface area is 124 Å². The van der Waals surface area contributed by atoms with E-state index in [0.717, 1.165) is 36.2 Å². The lowest BCUT2D eigenvalue weighted by Crippen LogP contribution is -2.30. The monoisotopic (exact) mass is 294 g/mol. The highest BCUT2D eigenvalue weighted by molar-refractivity contribution is 7.98. The van der Waals surface area contributed by atoms with Crippen LogP contribution in [0.25, 0.3) is 0 Å². The lowest BCUT2D eigenvalue weighted by Gasteiger charge is -2.21. The SMILES string of the molecule is CCCNc1cc(NC2CC3CCC2O3)nc(SC)n1. The van der Waals surface area contributed by atoms with Gasteiger partial charge in [0.2, 0.25) is 0 Å². The number of fused-ring (bicyclic) bond motifs is 2. The van der Waals surface area contributed by atoms with Gasteiger partial charge in [0.25, 0.3) is 0 Å². The summed E-state index contributed by atoms with van der Waals surface area (Å²) in [5, 5.41) is 7.67. The van der Waals surface area contributed by atoms with Crippen LogP contribution in [-0.4, -0.2) is 41.0 Å². The van der Waals surface area contributed by atoms with Crippen LogP contribution >= 0.6 is 11.8 Å². The highest BCUT2D eigenvalue weighted by Crippen LogP contribution is 2.36. The lowest BCUT2D eigenvalue weighted by molar-refractivity contribution is 0.102. The molecule has 20 heavy (non-hydrogen) atoms. The topological polar surface area (TPSA) is 59.1 Å². The van der Waals surface area contributed by atoms with Crippen LogP contribution in [0.4, 0.5) is 11.6 Å². The summed E-state index contributed by atoms with van der Waals surface area (Å²) in [6.45, 7) is 3.08. The van der Waals surface area contributed by atoms with Gasteiger partial charge in [0, 0.05) is 12.6 Å². The Hall–Kier alpha value is -1.01. The van der Waals surface area contributed by atoms with Gasteiger partial charge in [-0.3, -0.25) is 0 Å². The van der Waals surface area contributed by atoms with Gasteiger partial charge in [-0.15, -0.1) is 0 Å². The summed E-state index contributed by atoms with van der Waals surface area (Å²) >= 11 is 1.57. The van der Waals surface area contributed by atoms with Crippen molar-refractivity contribution < 1.29 is 4.74 Å². The molecule has 0 amide bonds. The van der Waals surface area contributed by atoms with Crippen LogP contribution in [0.3, 0.4) is 0 Å². The van der Waals surface area contributed by atoms with Gasteiger partial charge >= 0.3 is 0 Å². The van der Waals surface area contributed by atoms with Gasteiger partial charge in [0.05, 0.1) is 18.2 Å². The van der Waals surface area contributed by atoms with Crippen LogP contribution in [0.15, 0.2) is 11.2 Å². The van der Waals surface area contributed by atoms with Gasteiger partial charge in [0.1, 0.15) is 11.6 Å². The first-order valence-corrected chi connectivity index (χ1v) is 8.60. The number of hydrogen-bond donors (Lipinski definition) is 2. The van der Waals surface area contributed by atoms with E-state index in [1.165, 1.54) is 12.8 Å². The molecule has 5 nitrogen and oxygen atoms in total. The van der Waals surface area contributed by atoms with Crippen LogP contribution < -0.4 is 10.6 Å². The van der Waals surface area contributed by atoms with Crippen LogP contribution in [-0.2, 0) is 4.74 Å². The van der Waals surface area contributed by atoms with Crippen molar-refractivity contribution in [1.82, 2.24) is 9.97 Å². The van der Waals surface area contributed by atoms with E-state index in [4.69, 9.17) is 4.74 Å². The number of nitrogens with zero attached hydrogens (tertiary/aromatic N) is 2. The summed E-state index contributed by atoms with van der Waals surface area (Å²) in [4.78, 5) is 9.03. The molecule has 1 aromatic heterocycles. The molecule has 0 saturated carbocycles. The molecular formula is C14H22N4OS. The summed E-state index contributed by atoms with van der Waals surface area (Å²) in [6, 6.07) is 2.40. The van der Waals surface area contributed by atoms with Crippen molar-refractivity contribution in [3.8, 4) is 0 Å². The fourth-order valence-corrected chi connectivity index (χ4v) is 3.29. The predicted octanol–water partition coefficient (Wildman–Crippen LogP) is 2.75. The second-order valence-corrected chi connectivity index (χ2v) is 6.19. The van der Waals surface area contributed by atoms with Crippen molar-refractivity contribution in [2.24, 2.45) is 0 Å². The first-order valence-electron chi connectivity index (χ1n) is 7.37. The third kappa shape index (κ3) is 3.01. The van der Waals surface area contributed by atoms with Crippen molar-refractivity contribution in [2.75, 3.05) is 23.4 Å². The molecule has 0 aromatic carbocycles. The summed E-state index contributed by atoms with van der Waals surface area (Å²) in [6.07, 6.45) is 7.39. The van der Waals surface area contributed by atoms with Gasteiger partial charge < -0.3 is 15.4 Å². The zero-order valence-corrected chi connectivity index (χ0v) is 12.9. The average Bonchev–Trinajstić information content (AvgIpc) is 3.07. The van der Waals surface area contributed by atoms with E-state index in [1.807, 2.05) is 12.3 Å². The Bertz CT molecular complexity index is 470. The van der Waals surface area contributed by atoms with Crippen molar-refractivity contribution in [3.05, 3.63) is 6.07 Å². The van der Waals surface area contributed by atoms with Crippen molar-refractivity contribution in [1.29, 1.82) is 0 Å². The molecule has 3 atom stereocenters. The van der Waals surface area contributed by atoms with Gasteiger partial charge in [-0.2, -0.15) is 0 Å². The van der Waals surface area contributed by atoms with E-state index in [9.17, 15) is 0 Å². The van der Waals surface area contributed by atoms with Crippen LogP contribution in [0.5, 0.6) is 0 Å². The number of anilines is 2. The van der Waals surface area contributed by atoms with Crippen LogP contribution in [0.1, 0.15) is 32.6 Å². The van der Waals surface area contributed by atoms with E-state index < -0.39 is 0 Å². The number of hydrogen-bond acceptors (Lipinski definition) is 6. The third-order valence-corrected chi connectivity index (χ3v) is 4.43. The largest absolute Gasteiger partial charge is 0.373 e. The maximum absolute atomic E-state index is 5.88. The predicted molar refractivity (Wildman–Crippen MR) is 82.5 cm³/mol. The Morgan fingerprint density at radius 3 is 2.85 bits per heavy atom. The minimum Gasteiger partial charge on any atom is -0.373 e. The number of aromatic nitrogens is 2. The molecule has 2 N–H and O–H groups in total. The molecule has 3 unspecified atom stereocenters. The van der Waals surface area contributed by atoms with E-state index in [0.29, 0.717) is 18.2 Å². The van der Waals surface area contributed by atoms with Crippen LogP contribution in [0, 0.1) is 0 Å². The maximum Gasteiger partial charge on any atom is 0.191 e. The summed E-state index contributed by atoms with van der Waals surface area (Å²) in [5.41, 5.74) is 0. The minimum absolute atomic E-state index is 0.361. The molecule has 2 fully saturated rings. The first-order chi connectivity index (χ1) is 9.78. The molecular weight excluding hydrogens is 272 g/mol. The molecule has 0 aliphatic carbocycles. The Morgan fingerprint density at radius 2 is 2.20 bits per heavy atom. The fraction of sp³-hybridized carbons (Fsp3) is 0.714. The smallest absolute Gasteiger partial charge is 0.191 e. The van der Waals surface area contributed by atoms with Gasteiger partial charge in [-0.1, -0.05) is 18.7 Å². The molecule has 110 valence electrons. The van der Waals surface area contributed by atoms with Crippen molar-refractivity contribution in [3.63, 3.8) is 0 Å². The standard InChI is InChI=1S/C14H22N4OS/c1-3-6-15-12-8-13(18-14(17-12)20-2)16-10-7-9-4-5-11(10)19-9/h8-11H,3-7H2,1-2H3,(H2,15,16,17,18). The van der Waals surface area contributed by atoms with E-state index >= 15 is 0 Å². The maximum atomic E-state index is 5.88. The fourth-order valence-electron chi connectivity index (χ4n) is 2.91. The van der Waals surface area contributed by atoms with E-state index in [1.54, 1.807) is 11.8 Å². The molecule has 2 saturated heterocycles. The zero-order valence-electron chi connectivity index (χ0n) is 12.1. The second kappa shape index (κ2) is 6.18. The third-order valence-electron chi connectivity index (χ3n) is 3.88. The molecule has 6 heteroatoms. The molecule has 1 aromatic rings. The molecule has 3 heterocycles. The van der Waals surface area contributed by atoms with Crippen molar-refractivity contribution in [2.45, 2.75) is 56.0 Å². The normalized spacial score (nSPS) is 27.8. The van der Waals surface area contributed by atoms with E-state index in [2.05, 4.69) is 27.5 Å². The number of rotatable bonds is 6. The summed E-state index contributed by atoms with van der Waals surface area (Å²) in [7, 11) is 0. The molecule has 2 aliphatic rings. The Balaban J connectivity index is 1.71. The first kappa shape index (κ1) is 13.9. The number of thioether (sulfide) groups is 1. The second-order valence-electron chi connectivity index (χ2n) is 5.41. The highest BCUT2D eigenvalue weighted by Gasteiger charge is 2.40. The Morgan fingerprint density at radius 1 is 1.35 bits per heavy atom. The van der Waals surface area contributed by atoms with Gasteiger partial charge in [-0.05, 0) is 31.9 Å². The molecule has 3 rings (SSSR count). The van der Waals surface area contributed by atoms with Crippen molar-refractivity contribution >= 4 is 23.4 Å². The Kier molecular flexibility index (Phi) is 4.31. The highest BCUT2D eigenvalue weighted by atomic mass is 32.2. The quantitative estimate of drug-likeness (QED) is 0.621. The van der Waals surface area contributed by atoms with Crippen LogP contribution in [0.2, 0.25) is 0 Å². The number of nitrogens with one attached hydrogen (secondary N) is 2. The van der Waals surface area contributed by atoms with Gasteiger partial charge in [-0.25, -0.2) is 9.97 Å². The molecule has 2 aliphatic heterocycles. The zero-order chi connectivity index (χ0) is 13.9. The van der Waals surface area contributed by atoms with Gasteiger partial charge in [0.15, 0.2) is 5.16 Å². The lowest BCUT2D eigenvalue weighted by atomic mass is 9.95.